The number of fused-ring (bicyclic) bond motifs is 3. The first-order valence-corrected chi connectivity index (χ1v) is 11.3. The number of benzene rings is 4. The van der Waals surface area contributed by atoms with Crippen molar-refractivity contribution in [3.05, 3.63) is 102 Å². The van der Waals surface area contributed by atoms with Gasteiger partial charge in [0.25, 0.3) is 5.91 Å². The molecule has 1 aliphatic rings. The molecule has 1 N–H and O–H groups in total. The quantitative estimate of drug-likeness (QED) is 0.351. The number of hydrogen-bond donors (Lipinski definition) is 1. The van der Waals surface area contributed by atoms with Crippen molar-refractivity contribution < 1.29 is 9.53 Å². The van der Waals surface area contributed by atoms with Crippen molar-refractivity contribution in [1.29, 1.82) is 0 Å². The van der Waals surface area contributed by atoms with Crippen LogP contribution in [-0.4, -0.2) is 24.5 Å². The zero-order chi connectivity index (χ0) is 23.1. The Hall–Kier alpha value is -4.38. The van der Waals surface area contributed by atoms with Crippen molar-refractivity contribution in [1.82, 2.24) is 4.98 Å². The number of carbonyl (C=O) groups excluding carboxylic acids is 1. The number of amides is 1. The van der Waals surface area contributed by atoms with Crippen LogP contribution in [0.2, 0.25) is 0 Å². The highest BCUT2D eigenvalue weighted by molar-refractivity contribution is 6.09. The molecule has 1 amide bonds. The fraction of sp³-hybridized carbons (Fsp3) is 0.103. The molecule has 0 spiro atoms. The maximum Gasteiger partial charge on any atom is 0.255 e. The van der Waals surface area contributed by atoms with E-state index in [1.54, 1.807) is 7.11 Å². The Kier molecular flexibility index (Phi) is 4.88. The summed E-state index contributed by atoms with van der Waals surface area (Å²) < 4.78 is 5.36. The Morgan fingerprint density at radius 2 is 1.74 bits per heavy atom. The van der Waals surface area contributed by atoms with Crippen LogP contribution in [0.25, 0.3) is 21.7 Å². The van der Waals surface area contributed by atoms with Crippen LogP contribution in [0, 0.1) is 0 Å². The molecule has 5 aromatic rings. The molecule has 0 aliphatic carbocycles. The number of methoxy groups -OCH3 is 1. The number of nitrogens with zero attached hydrogens (tertiary/aromatic N) is 2. The highest BCUT2D eigenvalue weighted by Gasteiger charge is 2.23. The molecule has 1 aliphatic heterocycles. The number of anilines is 3. The van der Waals surface area contributed by atoms with Crippen molar-refractivity contribution in [3.8, 4) is 5.75 Å². The van der Waals surface area contributed by atoms with Crippen molar-refractivity contribution in [2.75, 3.05) is 23.9 Å². The number of aromatic nitrogens is 1. The molecule has 34 heavy (non-hydrogen) atoms. The Morgan fingerprint density at radius 1 is 0.912 bits per heavy atom. The third-order valence-electron chi connectivity index (χ3n) is 6.42. The standard InChI is InChI=1S/C29H23N3O2/c1-34-24-14-11-21-17-22-15-16-32(28(22)30-27(21)18-24)23-12-9-20(10-13-23)29(33)31-26-8-4-6-19-5-2-3-7-25(19)26/h2-14,17-18H,15-16H2,1H3,(H,31,33). The van der Waals surface area contributed by atoms with Gasteiger partial charge in [0.2, 0.25) is 0 Å². The third-order valence-corrected chi connectivity index (χ3v) is 6.42. The fourth-order valence-electron chi connectivity index (χ4n) is 4.64. The van der Waals surface area contributed by atoms with E-state index in [9.17, 15) is 4.79 Å². The molecule has 5 heteroatoms. The van der Waals surface area contributed by atoms with Crippen molar-refractivity contribution in [3.63, 3.8) is 0 Å². The van der Waals surface area contributed by atoms with Gasteiger partial charge in [0.05, 0.1) is 12.6 Å². The van der Waals surface area contributed by atoms with Crippen LogP contribution >= 0.6 is 0 Å². The van der Waals surface area contributed by atoms with Crippen molar-refractivity contribution in [2.24, 2.45) is 0 Å². The lowest BCUT2D eigenvalue weighted by Crippen LogP contribution is -2.15. The smallest absolute Gasteiger partial charge is 0.255 e. The zero-order valence-corrected chi connectivity index (χ0v) is 18.8. The summed E-state index contributed by atoms with van der Waals surface area (Å²) >= 11 is 0. The van der Waals surface area contributed by atoms with Crippen LogP contribution in [0.3, 0.4) is 0 Å². The van der Waals surface area contributed by atoms with Crippen LogP contribution in [-0.2, 0) is 6.42 Å². The second-order valence-corrected chi connectivity index (χ2v) is 8.46. The molecule has 0 bridgehead atoms. The molecule has 4 aromatic carbocycles. The predicted octanol–water partition coefficient (Wildman–Crippen LogP) is 6.34. The van der Waals surface area contributed by atoms with Gasteiger partial charge in [-0.15, -0.1) is 0 Å². The summed E-state index contributed by atoms with van der Waals surface area (Å²) in [5, 5.41) is 6.30. The zero-order valence-electron chi connectivity index (χ0n) is 18.8. The second-order valence-electron chi connectivity index (χ2n) is 8.46. The summed E-state index contributed by atoms with van der Waals surface area (Å²) in [6.07, 6.45) is 0.938. The van der Waals surface area contributed by atoms with Crippen LogP contribution in [0.15, 0.2) is 91.0 Å². The molecule has 1 aromatic heterocycles. The van der Waals surface area contributed by atoms with E-state index in [2.05, 4.69) is 16.3 Å². The van der Waals surface area contributed by atoms with Crippen LogP contribution in [0.5, 0.6) is 5.75 Å². The van der Waals surface area contributed by atoms with Gasteiger partial charge in [-0.05, 0) is 65.9 Å². The van der Waals surface area contributed by atoms with Gasteiger partial charge >= 0.3 is 0 Å². The van der Waals surface area contributed by atoms with Gasteiger partial charge in [-0.2, -0.15) is 0 Å². The molecule has 2 heterocycles. The predicted molar refractivity (Wildman–Crippen MR) is 137 cm³/mol. The minimum absolute atomic E-state index is 0.124. The van der Waals surface area contributed by atoms with Gasteiger partial charge < -0.3 is 15.0 Å². The maximum atomic E-state index is 12.9. The minimum Gasteiger partial charge on any atom is -0.497 e. The van der Waals surface area contributed by atoms with E-state index in [0.29, 0.717) is 5.56 Å². The average Bonchev–Trinajstić information content (AvgIpc) is 3.30. The van der Waals surface area contributed by atoms with E-state index >= 15 is 0 Å². The largest absolute Gasteiger partial charge is 0.497 e. The number of ether oxygens (including phenoxy) is 1. The van der Waals surface area contributed by atoms with Gasteiger partial charge in [-0.1, -0.05) is 36.4 Å². The summed E-state index contributed by atoms with van der Waals surface area (Å²) in [4.78, 5) is 20.1. The fourth-order valence-corrected chi connectivity index (χ4v) is 4.64. The number of hydrogen-bond acceptors (Lipinski definition) is 4. The van der Waals surface area contributed by atoms with E-state index in [1.807, 2.05) is 84.9 Å². The summed E-state index contributed by atoms with van der Waals surface area (Å²) in [5.41, 5.74) is 4.60. The third kappa shape index (κ3) is 3.52. The first-order valence-electron chi connectivity index (χ1n) is 11.3. The van der Waals surface area contributed by atoms with Crippen LogP contribution in [0.4, 0.5) is 17.2 Å². The first kappa shape index (κ1) is 20.2. The molecule has 0 unspecified atom stereocenters. The number of nitrogens with one attached hydrogen (secondary N) is 1. The highest BCUT2D eigenvalue weighted by Crippen LogP contribution is 2.35. The molecular formula is C29H23N3O2. The molecule has 0 saturated heterocycles. The lowest BCUT2D eigenvalue weighted by atomic mass is 10.1. The number of pyridine rings is 1. The van der Waals surface area contributed by atoms with Gasteiger partial charge in [0.1, 0.15) is 11.6 Å². The average molecular weight is 446 g/mol. The van der Waals surface area contributed by atoms with E-state index in [0.717, 1.165) is 57.6 Å². The van der Waals surface area contributed by atoms with Gasteiger partial charge in [0, 0.05) is 40.3 Å². The monoisotopic (exact) mass is 445 g/mol. The highest BCUT2D eigenvalue weighted by atomic mass is 16.5. The van der Waals surface area contributed by atoms with E-state index in [1.165, 1.54) is 5.56 Å². The van der Waals surface area contributed by atoms with E-state index < -0.39 is 0 Å². The molecule has 0 saturated carbocycles. The normalized spacial score (nSPS) is 12.7. The van der Waals surface area contributed by atoms with Gasteiger partial charge in [-0.3, -0.25) is 4.79 Å². The van der Waals surface area contributed by atoms with E-state index in [4.69, 9.17) is 9.72 Å². The molecule has 0 fully saturated rings. The molecule has 166 valence electrons. The Bertz CT molecular complexity index is 1540. The summed E-state index contributed by atoms with van der Waals surface area (Å²) in [5.74, 6) is 1.64. The molecular weight excluding hydrogens is 422 g/mol. The first-order chi connectivity index (χ1) is 16.7. The maximum absolute atomic E-state index is 12.9. The number of rotatable bonds is 4. The SMILES string of the molecule is COc1ccc2cc3c(nc2c1)N(c1ccc(C(=O)Nc2cccc4ccccc24)cc1)CC3. The molecule has 0 atom stereocenters. The summed E-state index contributed by atoms with van der Waals surface area (Å²) in [7, 11) is 1.67. The lowest BCUT2D eigenvalue weighted by molar-refractivity contribution is 0.102. The lowest BCUT2D eigenvalue weighted by Gasteiger charge is -2.19. The number of carbonyl (C=O) groups is 1. The molecule has 5 nitrogen and oxygen atoms in total. The van der Waals surface area contributed by atoms with Crippen LogP contribution < -0.4 is 15.0 Å². The molecule has 6 rings (SSSR count). The topological polar surface area (TPSA) is 54.5 Å². The minimum atomic E-state index is -0.124. The summed E-state index contributed by atoms with van der Waals surface area (Å²) in [6, 6.07) is 29.9. The van der Waals surface area contributed by atoms with E-state index in [-0.39, 0.29) is 5.91 Å². The van der Waals surface area contributed by atoms with Gasteiger partial charge in [0.15, 0.2) is 0 Å². The molecule has 0 radical (unpaired) electrons. The summed E-state index contributed by atoms with van der Waals surface area (Å²) in [6.45, 7) is 0.858. The van der Waals surface area contributed by atoms with Crippen molar-refractivity contribution >= 4 is 44.8 Å². The second kappa shape index (κ2) is 8.19. The van der Waals surface area contributed by atoms with Gasteiger partial charge in [-0.25, -0.2) is 4.98 Å². The van der Waals surface area contributed by atoms with Crippen LogP contribution in [0.1, 0.15) is 15.9 Å². The van der Waals surface area contributed by atoms with Crippen molar-refractivity contribution in [2.45, 2.75) is 6.42 Å². The Balaban J connectivity index is 1.26. The Labute approximate surface area is 197 Å². The Morgan fingerprint density at radius 3 is 2.59 bits per heavy atom.